The highest BCUT2D eigenvalue weighted by molar-refractivity contribution is 5.81. The van der Waals surface area contributed by atoms with Gasteiger partial charge in [0.15, 0.2) is 6.10 Å². The number of aryl methyl sites for hydroxylation is 1. The van der Waals surface area contributed by atoms with Gasteiger partial charge in [-0.25, -0.2) is 0 Å². The van der Waals surface area contributed by atoms with Gasteiger partial charge in [0.1, 0.15) is 22.8 Å². The van der Waals surface area contributed by atoms with Crippen molar-refractivity contribution in [1.29, 1.82) is 0 Å². The van der Waals surface area contributed by atoms with E-state index < -0.39 is 6.10 Å². The van der Waals surface area contributed by atoms with E-state index in [0.717, 1.165) is 22.6 Å². The zero-order valence-corrected chi connectivity index (χ0v) is 17.2. The van der Waals surface area contributed by atoms with Crippen molar-refractivity contribution in [3.8, 4) is 17.2 Å². The second-order valence-corrected chi connectivity index (χ2v) is 7.86. The summed E-state index contributed by atoms with van der Waals surface area (Å²) in [4.78, 5) is 13.0. The van der Waals surface area contributed by atoms with Gasteiger partial charge in [-0.3, -0.25) is 4.79 Å². The highest BCUT2D eigenvalue weighted by Gasteiger charge is 2.36. The molecule has 0 unspecified atom stereocenters. The molecular formula is C23H29NO4. The van der Waals surface area contributed by atoms with E-state index in [4.69, 9.17) is 14.2 Å². The third kappa shape index (κ3) is 4.58. The molecule has 2 atom stereocenters. The van der Waals surface area contributed by atoms with Crippen molar-refractivity contribution in [2.24, 2.45) is 0 Å². The van der Waals surface area contributed by atoms with Crippen molar-refractivity contribution in [1.82, 2.24) is 5.32 Å². The molecule has 0 fully saturated rings. The lowest BCUT2D eigenvalue weighted by Crippen LogP contribution is -2.45. The fourth-order valence-electron chi connectivity index (χ4n) is 3.53. The maximum atomic E-state index is 13.0. The number of hydrogen-bond donors (Lipinski definition) is 1. The molecule has 5 heteroatoms. The number of ether oxygens (including phenoxy) is 3. The average molecular weight is 383 g/mol. The van der Waals surface area contributed by atoms with E-state index in [0.29, 0.717) is 18.6 Å². The number of carbonyl (C=O) groups is 1. The first-order chi connectivity index (χ1) is 13.3. The number of fused-ring (bicyclic) bond motifs is 1. The maximum Gasteiger partial charge on any atom is 0.261 e. The largest absolute Gasteiger partial charge is 0.497 e. The zero-order chi connectivity index (χ0) is 20.3. The van der Waals surface area contributed by atoms with Crippen molar-refractivity contribution in [3.05, 3.63) is 53.6 Å². The summed E-state index contributed by atoms with van der Waals surface area (Å²) in [5.74, 6) is 2.09. The van der Waals surface area contributed by atoms with E-state index in [-0.39, 0.29) is 17.6 Å². The van der Waals surface area contributed by atoms with E-state index in [1.165, 1.54) is 0 Å². The zero-order valence-electron chi connectivity index (χ0n) is 17.2. The van der Waals surface area contributed by atoms with Gasteiger partial charge < -0.3 is 19.5 Å². The highest BCUT2D eigenvalue weighted by atomic mass is 16.5. The summed E-state index contributed by atoms with van der Waals surface area (Å²) in [5.41, 5.74) is 1.65. The predicted octanol–water partition coefficient (Wildman–Crippen LogP) is 4.58. The summed E-state index contributed by atoms with van der Waals surface area (Å²) in [7, 11) is 1.63. The Morgan fingerprint density at radius 3 is 2.71 bits per heavy atom. The summed E-state index contributed by atoms with van der Waals surface area (Å²) in [6.07, 6.45) is 0.693. The van der Waals surface area contributed by atoms with Crippen LogP contribution in [0.1, 0.15) is 50.8 Å². The predicted molar refractivity (Wildman–Crippen MR) is 109 cm³/mol. The van der Waals surface area contributed by atoms with Crippen molar-refractivity contribution >= 4 is 5.91 Å². The van der Waals surface area contributed by atoms with Crippen LogP contribution in [-0.4, -0.2) is 24.7 Å². The summed E-state index contributed by atoms with van der Waals surface area (Å²) in [6.45, 7) is 8.01. The number of methoxy groups -OCH3 is 1. The number of rotatable bonds is 6. The van der Waals surface area contributed by atoms with Gasteiger partial charge in [-0.05, 0) is 63.1 Å². The van der Waals surface area contributed by atoms with Crippen LogP contribution >= 0.6 is 0 Å². The van der Waals surface area contributed by atoms with Gasteiger partial charge in [0.25, 0.3) is 5.91 Å². The maximum absolute atomic E-state index is 13.0. The number of carbonyl (C=O) groups excluding carboxylic acids is 1. The van der Waals surface area contributed by atoms with Crippen LogP contribution in [0.3, 0.4) is 0 Å². The van der Waals surface area contributed by atoms with E-state index >= 15 is 0 Å². The minimum atomic E-state index is -0.554. The number of nitrogens with one attached hydrogen (secondary N) is 1. The van der Waals surface area contributed by atoms with Crippen LogP contribution in [0.15, 0.2) is 42.5 Å². The Morgan fingerprint density at radius 1 is 1.25 bits per heavy atom. The van der Waals surface area contributed by atoms with Gasteiger partial charge in [0, 0.05) is 12.0 Å². The Bertz CT molecular complexity index is 846. The van der Waals surface area contributed by atoms with Crippen LogP contribution in [0.25, 0.3) is 0 Å². The second-order valence-electron chi connectivity index (χ2n) is 7.86. The van der Waals surface area contributed by atoms with Crippen LogP contribution < -0.4 is 19.5 Å². The molecule has 1 aliphatic heterocycles. The Balaban J connectivity index is 1.80. The van der Waals surface area contributed by atoms with Crippen LogP contribution in [-0.2, 0) is 4.79 Å². The van der Waals surface area contributed by atoms with Crippen LogP contribution in [0.5, 0.6) is 17.2 Å². The van der Waals surface area contributed by atoms with E-state index in [2.05, 4.69) is 5.32 Å². The molecule has 3 rings (SSSR count). The Labute approximate surface area is 167 Å². The van der Waals surface area contributed by atoms with Gasteiger partial charge in [0.05, 0.1) is 13.2 Å². The van der Waals surface area contributed by atoms with Crippen molar-refractivity contribution in [3.63, 3.8) is 0 Å². The third-order valence-corrected chi connectivity index (χ3v) is 4.92. The molecule has 2 aromatic rings. The molecule has 28 heavy (non-hydrogen) atoms. The van der Waals surface area contributed by atoms with Gasteiger partial charge in [-0.1, -0.05) is 19.1 Å². The molecule has 1 amide bonds. The molecule has 2 aromatic carbocycles. The summed E-state index contributed by atoms with van der Waals surface area (Å²) in [6, 6.07) is 13.3. The molecule has 0 saturated carbocycles. The van der Waals surface area contributed by atoms with Crippen molar-refractivity contribution < 1.29 is 19.0 Å². The molecular weight excluding hydrogens is 354 g/mol. The molecule has 1 aliphatic rings. The molecule has 0 radical (unpaired) electrons. The average Bonchev–Trinajstić information content (AvgIpc) is 2.65. The van der Waals surface area contributed by atoms with Gasteiger partial charge in [-0.15, -0.1) is 0 Å². The Hall–Kier alpha value is -2.69. The fraction of sp³-hybridized carbons (Fsp3) is 0.435. The van der Waals surface area contributed by atoms with Crippen molar-refractivity contribution in [2.75, 3.05) is 7.11 Å². The molecule has 150 valence electrons. The molecule has 5 nitrogen and oxygen atoms in total. The van der Waals surface area contributed by atoms with E-state index in [1.807, 2.05) is 70.2 Å². The first-order valence-corrected chi connectivity index (χ1v) is 9.72. The first kappa shape index (κ1) is 20.1. The standard InChI is InChI=1S/C23H29NO4/c1-6-20(27-17-9-7-8-15(2)12-17)22(25)24-19-14-23(3,4)28-21-11-10-16(26-5)13-18(19)21/h7-13,19-20H,6,14H2,1-5H3,(H,24,25)/t19-,20-/m0/s1. The lowest BCUT2D eigenvalue weighted by Gasteiger charge is -2.38. The second kappa shape index (κ2) is 8.13. The summed E-state index contributed by atoms with van der Waals surface area (Å²) < 4.78 is 17.4. The molecule has 0 bridgehead atoms. The first-order valence-electron chi connectivity index (χ1n) is 9.72. The number of amides is 1. The van der Waals surface area contributed by atoms with E-state index in [1.54, 1.807) is 7.11 Å². The Morgan fingerprint density at radius 2 is 2.04 bits per heavy atom. The monoisotopic (exact) mass is 383 g/mol. The molecule has 0 aliphatic carbocycles. The third-order valence-electron chi connectivity index (χ3n) is 4.92. The molecule has 1 N–H and O–H groups in total. The topological polar surface area (TPSA) is 56.8 Å². The molecule has 0 spiro atoms. The summed E-state index contributed by atoms with van der Waals surface area (Å²) >= 11 is 0. The number of benzene rings is 2. The summed E-state index contributed by atoms with van der Waals surface area (Å²) in [5, 5.41) is 3.17. The minimum absolute atomic E-state index is 0.125. The van der Waals surface area contributed by atoms with Gasteiger partial charge in [0.2, 0.25) is 0 Å². The Kier molecular flexibility index (Phi) is 5.82. The van der Waals surface area contributed by atoms with Crippen molar-refractivity contribution in [2.45, 2.75) is 58.3 Å². The smallest absolute Gasteiger partial charge is 0.261 e. The highest BCUT2D eigenvalue weighted by Crippen LogP contribution is 2.41. The van der Waals surface area contributed by atoms with Gasteiger partial charge >= 0.3 is 0 Å². The fourth-order valence-corrected chi connectivity index (χ4v) is 3.53. The van der Waals surface area contributed by atoms with Crippen LogP contribution in [0, 0.1) is 6.92 Å². The van der Waals surface area contributed by atoms with Gasteiger partial charge in [-0.2, -0.15) is 0 Å². The lowest BCUT2D eigenvalue weighted by molar-refractivity contribution is -0.129. The quantitative estimate of drug-likeness (QED) is 0.793. The van der Waals surface area contributed by atoms with E-state index in [9.17, 15) is 4.79 Å². The molecule has 1 heterocycles. The lowest BCUT2D eigenvalue weighted by atomic mass is 9.89. The normalized spacial score (nSPS) is 18.4. The minimum Gasteiger partial charge on any atom is -0.497 e. The molecule has 0 saturated heterocycles. The SMILES string of the molecule is CC[C@H](Oc1cccc(C)c1)C(=O)N[C@H]1CC(C)(C)Oc2ccc(OC)cc21. The van der Waals surface area contributed by atoms with Crippen LogP contribution in [0.2, 0.25) is 0 Å². The molecule has 0 aromatic heterocycles. The number of hydrogen-bond acceptors (Lipinski definition) is 4. The van der Waals surface area contributed by atoms with Crippen LogP contribution in [0.4, 0.5) is 0 Å².